The molecule has 0 aliphatic rings. The van der Waals surface area contributed by atoms with Crippen LogP contribution in [0.4, 0.5) is 0 Å². The lowest BCUT2D eigenvalue weighted by Crippen LogP contribution is -2.00. The van der Waals surface area contributed by atoms with E-state index >= 15 is 0 Å². The van der Waals surface area contributed by atoms with Gasteiger partial charge < -0.3 is 9.84 Å². The molecule has 0 saturated heterocycles. The van der Waals surface area contributed by atoms with Crippen LogP contribution >= 0.6 is 0 Å². The highest BCUT2D eigenvalue weighted by molar-refractivity contribution is 5.85. The Hall–Kier alpha value is -2.35. The van der Waals surface area contributed by atoms with Gasteiger partial charge in [0.05, 0.1) is 12.7 Å². The van der Waals surface area contributed by atoms with Gasteiger partial charge in [0.15, 0.2) is 0 Å². The van der Waals surface area contributed by atoms with E-state index in [1.54, 1.807) is 13.0 Å². The largest absolute Gasteiger partial charge is 0.478 e. The molecular formula is C15H23NO4. The number of hydrogen-bond donors (Lipinski definition) is 1. The number of unbranched alkanes of at least 4 members (excludes halogenated alkanes) is 1. The average Bonchev–Trinajstić information content (AvgIpc) is 2.47. The number of hydrogen-bond acceptors (Lipinski definition) is 4. The molecule has 0 aromatic heterocycles. The first kappa shape index (κ1) is 22.8. The van der Waals surface area contributed by atoms with Gasteiger partial charge >= 0.3 is 11.9 Å². The number of ether oxygens (including phenoxy) is 1. The van der Waals surface area contributed by atoms with Crippen molar-refractivity contribution in [3.8, 4) is 6.07 Å². The van der Waals surface area contributed by atoms with Crippen molar-refractivity contribution in [3.63, 3.8) is 0 Å². The Kier molecular flexibility index (Phi) is 21.7. The Labute approximate surface area is 120 Å². The quantitative estimate of drug-likeness (QED) is 0.349. The summed E-state index contributed by atoms with van der Waals surface area (Å²) in [6.45, 7) is 14.0. The minimum Gasteiger partial charge on any atom is -0.478 e. The minimum absolute atomic E-state index is 0.264. The van der Waals surface area contributed by atoms with E-state index in [0.29, 0.717) is 13.0 Å². The van der Waals surface area contributed by atoms with E-state index in [0.717, 1.165) is 12.8 Å². The summed E-state index contributed by atoms with van der Waals surface area (Å²) >= 11 is 0. The lowest BCUT2D eigenvalue weighted by Gasteiger charge is -1.97. The van der Waals surface area contributed by atoms with Crippen molar-refractivity contribution in [1.29, 1.82) is 5.26 Å². The third-order valence-corrected chi connectivity index (χ3v) is 1.73. The monoisotopic (exact) mass is 281 g/mol. The predicted octanol–water partition coefficient (Wildman–Crippen LogP) is 3.25. The molecule has 0 heterocycles. The van der Waals surface area contributed by atoms with Crippen molar-refractivity contribution in [2.24, 2.45) is 0 Å². The molecule has 0 amide bonds. The van der Waals surface area contributed by atoms with Gasteiger partial charge in [0.25, 0.3) is 0 Å². The van der Waals surface area contributed by atoms with Crippen molar-refractivity contribution in [3.05, 3.63) is 37.5 Å². The second kappa shape index (κ2) is 19.0. The second-order valence-electron chi connectivity index (χ2n) is 3.32. The number of allylic oxidation sites excluding steroid dienone is 1. The summed E-state index contributed by atoms with van der Waals surface area (Å²) in [6, 6.07) is 1.69. The molecule has 112 valence electrons. The second-order valence-corrected chi connectivity index (χ2v) is 3.32. The third kappa shape index (κ3) is 24.7. The van der Waals surface area contributed by atoms with Crippen molar-refractivity contribution in [2.45, 2.75) is 33.1 Å². The van der Waals surface area contributed by atoms with Crippen LogP contribution in [0.2, 0.25) is 0 Å². The first-order valence-electron chi connectivity index (χ1n) is 6.11. The van der Waals surface area contributed by atoms with Gasteiger partial charge in [0.2, 0.25) is 0 Å². The fourth-order valence-corrected chi connectivity index (χ4v) is 0.527. The van der Waals surface area contributed by atoms with Crippen LogP contribution in [0.1, 0.15) is 33.1 Å². The molecule has 0 aromatic carbocycles. The topological polar surface area (TPSA) is 87.4 Å². The lowest BCUT2D eigenvalue weighted by molar-refractivity contribution is -0.138. The Morgan fingerprint density at radius 2 is 1.85 bits per heavy atom. The van der Waals surface area contributed by atoms with Crippen LogP contribution < -0.4 is 0 Å². The Bertz CT molecular complexity index is 353. The van der Waals surface area contributed by atoms with Gasteiger partial charge in [-0.15, -0.1) is 0 Å². The number of rotatable bonds is 6. The fraction of sp³-hybridized carbons (Fsp3) is 0.400. The van der Waals surface area contributed by atoms with E-state index in [2.05, 4.69) is 24.5 Å². The maximum Gasteiger partial charge on any atom is 0.330 e. The maximum absolute atomic E-state index is 10.3. The zero-order chi connectivity index (χ0) is 16.4. The molecule has 0 aliphatic carbocycles. The molecular weight excluding hydrogens is 258 g/mol. The molecule has 20 heavy (non-hydrogen) atoms. The molecule has 0 fully saturated rings. The van der Waals surface area contributed by atoms with Crippen LogP contribution in [0.25, 0.3) is 0 Å². The number of carboxylic acids is 1. The molecule has 0 bridgehead atoms. The summed E-state index contributed by atoms with van der Waals surface area (Å²) < 4.78 is 4.67. The van der Waals surface area contributed by atoms with Crippen molar-refractivity contribution >= 4 is 11.9 Å². The number of nitriles is 1. The molecule has 0 aromatic rings. The van der Waals surface area contributed by atoms with Crippen LogP contribution in [0.5, 0.6) is 0 Å². The molecule has 1 N–H and O–H groups in total. The summed E-state index contributed by atoms with van der Waals surface area (Å²) in [6.07, 6.45) is 4.86. The maximum atomic E-state index is 10.3. The molecule has 0 radical (unpaired) electrons. The summed E-state index contributed by atoms with van der Waals surface area (Å²) in [5.41, 5.74) is 0.264. The third-order valence-electron chi connectivity index (χ3n) is 1.73. The number of aliphatic carboxylic acids is 1. The Morgan fingerprint density at radius 3 is 2.05 bits per heavy atom. The molecule has 0 atom stereocenters. The van der Waals surface area contributed by atoms with Gasteiger partial charge in [-0.05, 0) is 12.8 Å². The first-order chi connectivity index (χ1) is 9.40. The zero-order valence-corrected chi connectivity index (χ0v) is 12.2. The Morgan fingerprint density at radius 1 is 1.35 bits per heavy atom. The molecule has 0 saturated carbocycles. The number of carboxylic acid groups (broad SMARTS) is 1. The van der Waals surface area contributed by atoms with Crippen molar-refractivity contribution in [1.82, 2.24) is 0 Å². The smallest absolute Gasteiger partial charge is 0.330 e. The van der Waals surface area contributed by atoms with E-state index in [9.17, 15) is 9.59 Å². The first-order valence-corrected chi connectivity index (χ1v) is 6.11. The zero-order valence-electron chi connectivity index (χ0n) is 12.2. The van der Waals surface area contributed by atoms with Crippen molar-refractivity contribution < 1.29 is 19.4 Å². The highest BCUT2D eigenvalue weighted by atomic mass is 16.5. The molecule has 5 heteroatoms. The molecule has 0 spiro atoms. The van der Waals surface area contributed by atoms with Crippen LogP contribution in [0.15, 0.2) is 37.5 Å². The number of nitrogens with zero attached hydrogens (tertiary/aromatic N) is 1. The van der Waals surface area contributed by atoms with Crippen molar-refractivity contribution in [2.75, 3.05) is 6.61 Å². The number of esters is 1. The fourth-order valence-electron chi connectivity index (χ4n) is 0.527. The van der Waals surface area contributed by atoms with Crippen LogP contribution in [0, 0.1) is 11.3 Å². The van der Waals surface area contributed by atoms with E-state index in [-0.39, 0.29) is 11.5 Å². The average molecular weight is 281 g/mol. The summed E-state index contributed by atoms with van der Waals surface area (Å²) in [5, 5.41) is 15.6. The molecule has 5 nitrogen and oxygen atoms in total. The van der Waals surface area contributed by atoms with Gasteiger partial charge in [0, 0.05) is 17.7 Å². The van der Waals surface area contributed by atoms with Gasteiger partial charge in [-0.1, -0.05) is 40.0 Å². The van der Waals surface area contributed by atoms with E-state index < -0.39 is 5.97 Å². The minimum atomic E-state index is -0.900. The Balaban J connectivity index is -0.000000234. The van der Waals surface area contributed by atoms with E-state index in [4.69, 9.17) is 10.4 Å². The van der Waals surface area contributed by atoms with E-state index in [1.807, 2.05) is 6.92 Å². The SMILES string of the molecule is C=C(CC)C(=O)O.C=CC#N.C=CC(=O)OCCCC. The number of carbonyl (C=O) groups is 2. The highest BCUT2D eigenvalue weighted by Crippen LogP contribution is 1.93. The van der Waals surface area contributed by atoms with Gasteiger partial charge in [0.1, 0.15) is 0 Å². The van der Waals surface area contributed by atoms with Gasteiger partial charge in [-0.2, -0.15) is 5.26 Å². The molecule has 0 aliphatic heterocycles. The summed E-state index contributed by atoms with van der Waals surface area (Å²) in [5.74, 6) is -1.23. The molecule has 0 rings (SSSR count). The normalized spacial score (nSPS) is 7.45. The van der Waals surface area contributed by atoms with E-state index in [1.165, 1.54) is 12.2 Å². The lowest BCUT2D eigenvalue weighted by atomic mass is 10.2. The standard InChI is InChI=1S/C7H12O2.C5H8O2.C3H3N/c1-3-5-6-9-7(8)4-2;1-3-4(2)5(6)7;1-2-3-4/h4H,2-3,5-6H2,1H3;2-3H2,1H3,(H,6,7);2H,1H2. The predicted molar refractivity (Wildman–Crippen MR) is 78.9 cm³/mol. The highest BCUT2D eigenvalue weighted by Gasteiger charge is 1.96. The van der Waals surface area contributed by atoms with Crippen LogP contribution in [0.3, 0.4) is 0 Å². The number of carbonyl (C=O) groups excluding carboxylic acids is 1. The van der Waals surface area contributed by atoms with Crippen LogP contribution in [-0.4, -0.2) is 23.7 Å². The van der Waals surface area contributed by atoms with Gasteiger partial charge in [-0.3, -0.25) is 0 Å². The molecule has 0 unspecified atom stereocenters. The van der Waals surface area contributed by atoms with Crippen LogP contribution in [-0.2, 0) is 14.3 Å². The summed E-state index contributed by atoms with van der Waals surface area (Å²) in [7, 11) is 0. The summed E-state index contributed by atoms with van der Waals surface area (Å²) in [4.78, 5) is 20.2. The van der Waals surface area contributed by atoms with Gasteiger partial charge in [-0.25, -0.2) is 9.59 Å².